The second kappa shape index (κ2) is 5.43. The van der Waals surface area contributed by atoms with Crippen LogP contribution in [-0.4, -0.2) is 22.2 Å². The minimum atomic E-state index is -0.971. The number of carbonyl (C=O) groups is 2. The fourth-order valence-corrected chi connectivity index (χ4v) is 2.83. The van der Waals surface area contributed by atoms with Gasteiger partial charge in [-0.25, -0.2) is 9.59 Å². The molecule has 0 saturated heterocycles. The van der Waals surface area contributed by atoms with Crippen molar-refractivity contribution in [3.05, 3.63) is 34.4 Å². The molecule has 0 radical (unpaired) electrons. The second-order valence-electron chi connectivity index (χ2n) is 5.26. The van der Waals surface area contributed by atoms with Gasteiger partial charge < -0.3 is 10.2 Å². The highest BCUT2D eigenvalue weighted by molar-refractivity contribution is 5.95. The number of hydrogen-bond acceptors (Lipinski definition) is 2. The van der Waals surface area contributed by atoms with E-state index in [1.54, 1.807) is 0 Å². The van der Waals surface area contributed by atoms with Crippen LogP contribution in [0.5, 0.6) is 0 Å². The third-order valence-electron chi connectivity index (χ3n) is 3.90. The molecule has 0 aromatic heterocycles. The van der Waals surface area contributed by atoms with E-state index in [9.17, 15) is 19.8 Å². The minimum absolute atomic E-state index is 0.258. The number of carboxylic acid groups (broad SMARTS) is 2. The zero-order valence-electron chi connectivity index (χ0n) is 11.0. The van der Waals surface area contributed by atoms with E-state index in [-0.39, 0.29) is 11.1 Å². The smallest absolute Gasteiger partial charge is 0.335 e. The molecule has 0 saturated carbocycles. The molecule has 1 aliphatic carbocycles. The molecule has 0 fully saturated rings. The van der Waals surface area contributed by atoms with Gasteiger partial charge in [0.25, 0.3) is 0 Å². The van der Waals surface area contributed by atoms with Crippen molar-refractivity contribution in [1.82, 2.24) is 0 Å². The van der Waals surface area contributed by atoms with Crippen LogP contribution in [0.1, 0.15) is 58.0 Å². The molecule has 102 valence electrons. The van der Waals surface area contributed by atoms with Crippen molar-refractivity contribution in [1.29, 1.82) is 0 Å². The summed E-state index contributed by atoms with van der Waals surface area (Å²) in [6, 6.07) is 2.85. The zero-order valence-corrected chi connectivity index (χ0v) is 11.0. The van der Waals surface area contributed by atoms with Crippen molar-refractivity contribution in [2.75, 3.05) is 0 Å². The van der Waals surface area contributed by atoms with Crippen LogP contribution < -0.4 is 0 Å². The second-order valence-corrected chi connectivity index (χ2v) is 5.26. The number of benzene rings is 1. The lowest BCUT2D eigenvalue weighted by molar-refractivity contribution is 0.0678. The largest absolute Gasteiger partial charge is 0.478 e. The molecule has 2 rings (SSSR count). The van der Waals surface area contributed by atoms with Gasteiger partial charge in [-0.05, 0) is 54.9 Å². The Morgan fingerprint density at radius 1 is 1.00 bits per heavy atom. The molecule has 1 atom stereocenters. The lowest BCUT2D eigenvalue weighted by atomic mass is 9.84. The van der Waals surface area contributed by atoms with E-state index >= 15 is 0 Å². The average molecular weight is 262 g/mol. The number of rotatable bonds is 2. The topological polar surface area (TPSA) is 74.6 Å². The van der Waals surface area contributed by atoms with E-state index in [2.05, 4.69) is 6.92 Å². The quantitative estimate of drug-likeness (QED) is 0.859. The lowest BCUT2D eigenvalue weighted by Gasteiger charge is -2.21. The maximum atomic E-state index is 11.3. The van der Waals surface area contributed by atoms with Crippen LogP contribution in [0, 0.1) is 5.92 Å². The molecule has 2 N–H and O–H groups in total. The summed E-state index contributed by atoms with van der Waals surface area (Å²) in [7, 11) is 0. The molecule has 1 unspecified atom stereocenters. The van der Waals surface area contributed by atoms with Gasteiger partial charge >= 0.3 is 11.9 Å². The molecule has 0 spiro atoms. The molecule has 1 aromatic carbocycles. The van der Waals surface area contributed by atoms with Gasteiger partial charge in [0, 0.05) is 0 Å². The first-order chi connectivity index (χ1) is 9.00. The Morgan fingerprint density at radius 3 is 2.05 bits per heavy atom. The van der Waals surface area contributed by atoms with E-state index in [0.717, 1.165) is 30.4 Å². The highest BCUT2D eigenvalue weighted by atomic mass is 16.4. The molecule has 4 heteroatoms. The lowest BCUT2D eigenvalue weighted by Crippen LogP contribution is -2.15. The highest BCUT2D eigenvalue weighted by Crippen LogP contribution is 2.28. The maximum Gasteiger partial charge on any atom is 0.335 e. The summed E-state index contributed by atoms with van der Waals surface area (Å²) in [6.45, 7) is 2.16. The van der Waals surface area contributed by atoms with Crippen LogP contribution in [0.15, 0.2) is 12.1 Å². The zero-order chi connectivity index (χ0) is 14.0. The Hall–Kier alpha value is -1.84. The van der Waals surface area contributed by atoms with Crippen molar-refractivity contribution >= 4 is 11.9 Å². The number of hydrogen-bond donors (Lipinski definition) is 2. The van der Waals surface area contributed by atoms with Crippen LogP contribution in [0.3, 0.4) is 0 Å². The van der Waals surface area contributed by atoms with Crippen LogP contribution in [0.2, 0.25) is 0 Å². The summed E-state index contributed by atoms with van der Waals surface area (Å²) in [5, 5.41) is 18.5. The third kappa shape index (κ3) is 2.78. The van der Waals surface area contributed by atoms with Crippen molar-refractivity contribution in [2.45, 2.75) is 39.0 Å². The van der Waals surface area contributed by atoms with Gasteiger partial charge in [-0.2, -0.15) is 0 Å². The maximum absolute atomic E-state index is 11.3. The molecular formula is C15H18O4. The fraction of sp³-hybridized carbons (Fsp3) is 0.467. The van der Waals surface area contributed by atoms with E-state index in [1.165, 1.54) is 12.1 Å². The van der Waals surface area contributed by atoms with E-state index < -0.39 is 11.9 Å². The molecule has 0 bridgehead atoms. The highest BCUT2D eigenvalue weighted by Gasteiger charge is 2.22. The number of aromatic carboxylic acids is 2. The van der Waals surface area contributed by atoms with Gasteiger partial charge in [-0.15, -0.1) is 0 Å². The summed E-state index contributed by atoms with van der Waals surface area (Å²) in [4.78, 5) is 22.6. The van der Waals surface area contributed by atoms with Gasteiger partial charge in [0.2, 0.25) is 0 Å². The summed E-state index contributed by atoms with van der Waals surface area (Å²) in [6.07, 6.45) is 4.20. The number of carboxylic acids is 2. The Balaban J connectivity index is 2.56. The molecule has 1 aliphatic rings. The van der Waals surface area contributed by atoms with Gasteiger partial charge in [0.1, 0.15) is 0 Å². The van der Waals surface area contributed by atoms with Crippen molar-refractivity contribution in [2.24, 2.45) is 5.92 Å². The van der Waals surface area contributed by atoms with Crippen molar-refractivity contribution in [3.8, 4) is 0 Å². The van der Waals surface area contributed by atoms with Gasteiger partial charge in [0.15, 0.2) is 0 Å². The molecule has 0 amide bonds. The summed E-state index contributed by atoms with van der Waals surface area (Å²) >= 11 is 0. The first-order valence-electron chi connectivity index (χ1n) is 6.62. The standard InChI is InChI=1S/C15H18O4/c1-9-3-2-4-10-11(6-5-9)13(15(18)19)8-7-12(10)14(16)17/h7-9H,2-6H2,1H3,(H,16,17)(H,18,19). The molecular weight excluding hydrogens is 244 g/mol. The number of fused-ring (bicyclic) bond motifs is 1. The average Bonchev–Trinajstić information content (AvgIpc) is 2.33. The van der Waals surface area contributed by atoms with Gasteiger partial charge in [-0.1, -0.05) is 13.3 Å². The fourth-order valence-electron chi connectivity index (χ4n) is 2.83. The van der Waals surface area contributed by atoms with E-state index in [4.69, 9.17) is 0 Å². The SMILES string of the molecule is CC1CCCc2c(C(=O)O)ccc(C(=O)O)c2CC1. The Bertz CT molecular complexity index is 519. The van der Waals surface area contributed by atoms with Crippen LogP contribution in [0.4, 0.5) is 0 Å². The predicted molar refractivity (Wildman–Crippen MR) is 70.8 cm³/mol. The van der Waals surface area contributed by atoms with Crippen LogP contribution >= 0.6 is 0 Å². The monoisotopic (exact) mass is 262 g/mol. The van der Waals surface area contributed by atoms with Gasteiger partial charge in [0.05, 0.1) is 11.1 Å². The Morgan fingerprint density at radius 2 is 1.53 bits per heavy atom. The third-order valence-corrected chi connectivity index (χ3v) is 3.90. The van der Waals surface area contributed by atoms with E-state index in [0.29, 0.717) is 18.8 Å². The first kappa shape index (κ1) is 13.6. The first-order valence-corrected chi connectivity index (χ1v) is 6.62. The van der Waals surface area contributed by atoms with E-state index in [1.807, 2.05) is 0 Å². The van der Waals surface area contributed by atoms with Crippen LogP contribution in [-0.2, 0) is 12.8 Å². The molecule has 19 heavy (non-hydrogen) atoms. The molecule has 1 aromatic rings. The summed E-state index contributed by atoms with van der Waals surface area (Å²) in [5.41, 5.74) is 1.96. The predicted octanol–water partition coefficient (Wildman–Crippen LogP) is 2.99. The van der Waals surface area contributed by atoms with Gasteiger partial charge in [-0.3, -0.25) is 0 Å². The summed E-state index contributed by atoms with van der Waals surface area (Å²) in [5.74, 6) is -1.38. The Kier molecular flexibility index (Phi) is 3.88. The van der Waals surface area contributed by atoms with Crippen molar-refractivity contribution < 1.29 is 19.8 Å². The molecule has 4 nitrogen and oxygen atoms in total. The minimum Gasteiger partial charge on any atom is -0.478 e. The summed E-state index contributed by atoms with van der Waals surface area (Å²) < 4.78 is 0. The Labute approximate surface area is 112 Å². The van der Waals surface area contributed by atoms with Crippen LogP contribution in [0.25, 0.3) is 0 Å². The molecule has 0 heterocycles. The normalized spacial score (nSPS) is 19.1. The van der Waals surface area contributed by atoms with Crippen molar-refractivity contribution in [3.63, 3.8) is 0 Å². The molecule has 0 aliphatic heterocycles.